The Morgan fingerprint density at radius 1 is 0.353 bits per heavy atom. The lowest BCUT2D eigenvalue weighted by Gasteiger charge is -2.52. The fraction of sp³-hybridized carbons (Fsp3) is 0.877. The van der Waals surface area contributed by atoms with Gasteiger partial charge in [0, 0.05) is 48.1 Å². The zero-order valence-corrected chi connectivity index (χ0v) is 58.8. The third-order valence-corrected chi connectivity index (χ3v) is 18.9. The van der Waals surface area contributed by atoms with Crippen molar-refractivity contribution in [1.29, 1.82) is 0 Å². The van der Waals surface area contributed by atoms with Crippen LogP contribution < -0.4 is 26.6 Å². The summed E-state index contributed by atoms with van der Waals surface area (Å²) in [7, 11) is 1.35. The van der Waals surface area contributed by atoms with Gasteiger partial charge in [-0.15, -0.1) is 0 Å². The van der Waals surface area contributed by atoms with Crippen LogP contribution in [0.4, 0.5) is 0 Å². The van der Waals surface area contributed by atoms with Crippen molar-refractivity contribution in [2.24, 2.45) is 0 Å². The van der Waals surface area contributed by atoms with E-state index >= 15 is 0 Å². The molecule has 0 saturated carbocycles. The summed E-state index contributed by atoms with van der Waals surface area (Å²) in [6.07, 6.45) is -25.6. The molecule has 6 heterocycles. The highest BCUT2D eigenvalue weighted by Gasteiger charge is 2.59. The fourth-order valence-corrected chi connectivity index (χ4v) is 13.7. The van der Waals surface area contributed by atoms with Gasteiger partial charge in [-0.2, -0.15) is 0 Å². The molecule has 102 heavy (non-hydrogen) atoms. The zero-order chi connectivity index (χ0) is 75.2. The molecule has 0 spiro atoms. The number of hydrogen-bond donors (Lipinski definition) is 19. The van der Waals surface area contributed by atoms with E-state index in [0.29, 0.717) is 6.42 Å². The van der Waals surface area contributed by atoms with E-state index in [1.54, 1.807) is 0 Å². The maximum Gasteiger partial charge on any atom is 0.222 e. The minimum absolute atomic E-state index is 0.0331. The lowest BCUT2D eigenvalue weighted by atomic mass is 9.92. The van der Waals surface area contributed by atoms with Crippen molar-refractivity contribution in [3.63, 3.8) is 0 Å². The number of hydrogen-bond acceptors (Lipinski definition) is 31. The molecule has 0 aromatic carbocycles. The summed E-state index contributed by atoms with van der Waals surface area (Å²) in [5.41, 5.74) is 0. The average molecular weight is 1470 g/mol. The molecule has 0 radical (unpaired) electrons. The van der Waals surface area contributed by atoms with Crippen molar-refractivity contribution in [1.82, 2.24) is 31.5 Å². The minimum Gasteiger partial charge on any atom is -0.394 e. The number of rotatable bonds is 37. The highest BCUT2D eigenvalue weighted by atomic mass is 16.8. The first-order valence-electron chi connectivity index (χ1n) is 35.2. The van der Waals surface area contributed by atoms with Crippen molar-refractivity contribution >= 4 is 35.4 Å². The summed E-state index contributed by atoms with van der Waals surface area (Å²) in [5, 5.41) is 169. The molecule has 6 aliphatic rings. The van der Waals surface area contributed by atoms with Gasteiger partial charge in [0.05, 0.1) is 39.6 Å². The Labute approximate surface area is 591 Å². The molecule has 0 aliphatic carbocycles. The Balaban J connectivity index is 1.16. The Morgan fingerprint density at radius 2 is 0.627 bits per heavy atom. The maximum absolute atomic E-state index is 13.8. The number of aliphatic hydroxyl groups excluding tert-OH is 14. The van der Waals surface area contributed by atoms with E-state index in [-0.39, 0.29) is 6.42 Å². The molecule has 0 aromatic heterocycles. The topological polar surface area (TPSA) is 551 Å². The van der Waals surface area contributed by atoms with Crippen molar-refractivity contribution in [3.8, 4) is 0 Å². The first-order chi connectivity index (χ1) is 48.6. The quantitative estimate of drug-likeness (QED) is 0.0203. The SMILES string of the molecule is CCCCCC/C=C/CCCCCCCCCC(=O)N(C)[C@H]1[C@H](O[C@H]2[C@H](O)[C@@H](NC(C)=O)[C@H](O[C@H]3[C@H](O)[C@@H](NC(C)=O)[C@H](O[C@H]4[C@H](O)[C@@H](NC(C)=O)[C@H](O[C@H]5[C@H](O)[C@@H](NC(C)=O)[C@H](O[C@H]6[C@H](O)[C@@H](NC(C)=O)[C@H](O)O[C@@H]6CO)O[C@@H]5CO)O[C@@H]4CO)O[C@@H]3CO)O[C@@H]2CO)O[C@H](CO)[C@@H](O)[C@@H]1O. The molecular formula is C65H112N6O31. The zero-order valence-electron chi connectivity index (χ0n) is 58.8. The molecule has 6 aliphatic heterocycles. The van der Waals surface area contributed by atoms with Gasteiger partial charge >= 0.3 is 0 Å². The van der Waals surface area contributed by atoms with Gasteiger partial charge in [-0.25, -0.2) is 0 Å². The molecule has 0 unspecified atom stereocenters. The molecule has 0 bridgehead atoms. The van der Waals surface area contributed by atoms with Crippen LogP contribution in [-0.4, -0.2) is 342 Å². The molecule has 37 heteroatoms. The van der Waals surface area contributed by atoms with Gasteiger partial charge in [-0.1, -0.05) is 70.4 Å². The van der Waals surface area contributed by atoms with Crippen LogP contribution in [0, 0.1) is 0 Å². The van der Waals surface area contributed by atoms with Crippen LogP contribution in [0.25, 0.3) is 0 Å². The summed E-state index contributed by atoms with van der Waals surface area (Å²) in [6, 6.07) is -10.0. The summed E-state index contributed by atoms with van der Waals surface area (Å²) in [5.74, 6) is -4.46. The van der Waals surface area contributed by atoms with Crippen LogP contribution in [0.15, 0.2) is 12.2 Å². The predicted molar refractivity (Wildman–Crippen MR) is 347 cm³/mol. The smallest absolute Gasteiger partial charge is 0.222 e. The highest BCUT2D eigenvalue weighted by Crippen LogP contribution is 2.38. The number of carbonyl (C=O) groups excluding carboxylic acids is 6. The molecule has 6 rings (SSSR count). The number of nitrogens with one attached hydrogen (secondary N) is 5. The van der Waals surface area contributed by atoms with Gasteiger partial charge in [0.2, 0.25) is 35.4 Å². The van der Waals surface area contributed by atoms with E-state index in [2.05, 4.69) is 45.7 Å². The van der Waals surface area contributed by atoms with Crippen molar-refractivity contribution in [2.75, 3.05) is 46.7 Å². The molecule has 588 valence electrons. The average Bonchev–Trinajstić information content (AvgIpc) is 0.763. The van der Waals surface area contributed by atoms with Crippen molar-refractivity contribution in [2.45, 2.75) is 315 Å². The third kappa shape index (κ3) is 23.0. The van der Waals surface area contributed by atoms with Crippen LogP contribution in [0.5, 0.6) is 0 Å². The standard InChI is InChI=1S/C65H112N6O31/c1-8-9-10-11-12-13-14-15-16-17-18-19-20-21-22-23-41(83)71(7)47-54(90)48(84)35(24-72)93-65(47)102-59-40(29-77)97-64(46(53(59)89)70-34(6)82)101-58-39(28-76)96-63(45(52(58)88)69-33(5)81)100-57-38(27-75)95-62(44(51(57)87)68-32(4)80)99-56-37(26-74)94-61(43(50(56)86)67-31(3)79)98-55-36(25-73)92-60(91)42(49(55)85)66-30(2)78/h13-14,35-40,42-65,72-77,84-91H,8-12,15-29H2,1-7H3,(H,66,78)(H,67,79)(H,68,80)(H,69,81)(H,70,82)/b14-13+/t35-,36-,37-,38-,39-,40-,42-,43-,44-,45-,46-,47-,48-,49-,50-,51-,52-,53-,54-,55-,56-,57-,58-,59-,60-,61+,62+,63+,64+,65+/m1/s1. The number of ether oxygens (including phenoxy) is 11. The lowest BCUT2D eigenvalue weighted by Crippen LogP contribution is -2.72. The maximum atomic E-state index is 13.8. The number of likely N-dealkylation sites (N-methyl/N-ethyl adjacent to an activating group) is 1. The van der Waals surface area contributed by atoms with Crippen LogP contribution in [-0.2, 0) is 80.9 Å². The summed E-state index contributed by atoms with van der Waals surface area (Å²) >= 11 is 0. The van der Waals surface area contributed by atoms with E-state index < -0.39 is 259 Å². The van der Waals surface area contributed by atoms with Crippen LogP contribution in [0.2, 0.25) is 0 Å². The highest BCUT2D eigenvalue weighted by molar-refractivity contribution is 5.76. The summed E-state index contributed by atoms with van der Waals surface area (Å²) < 4.78 is 66.7. The Bertz CT molecular complexity index is 2610. The molecule has 19 N–H and O–H groups in total. The molecule has 30 atom stereocenters. The van der Waals surface area contributed by atoms with E-state index in [1.165, 1.54) is 32.7 Å². The normalized spacial score (nSPS) is 38.8. The Hall–Kier alpha value is -4.44. The number of unbranched alkanes of at least 4 members (excludes halogenated alkanes) is 11. The number of amides is 6. The Morgan fingerprint density at radius 3 is 0.951 bits per heavy atom. The number of carbonyl (C=O) groups is 6. The molecule has 37 nitrogen and oxygen atoms in total. The molecule has 6 saturated heterocycles. The van der Waals surface area contributed by atoms with Gasteiger partial charge in [-0.3, -0.25) is 28.8 Å². The molecule has 6 fully saturated rings. The number of aliphatic hydroxyl groups is 14. The number of nitrogens with zero attached hydrogens (tertiary/aromatic N) is 1. The van der Waals surface area contributed by atoms with Crippen LogP contribution >= 0.6 is 0 Å². The first-order valence-corrected chi connectivity index (χ1v) is 35.2. The van der Waals surface area contributed by atoms with Gasteiger partial charge in [0.25, 0.3) is 0 Å². The summed E-state index contributed by atoms with van der Waals surface area (Å²) in [4.78, 5) is 78.5. The second kappa shape index (κ2) is 42.2. The largest absolute Gasteiger partial charge is 0.394 e. The van der Waals surface area contributed by atoms with Crippen molar-refractivity contribution < 1.29 is 152 Å². The minimum atomic E-state index is -2.07. The molecular weight excluding hydrogens is 1360 g/mol. The van der Waals surface area contributed by atoms with Crippen LogP contribution in [0.3, 0.4) is 0 Å². The fourth-order valence-electron chi connectivity index (χ4n) is 13.7. The van der Waals surface area contributed by atoms with E-state index in [0.717, 1.165) is 90.9 Å². The first kappa shape index (κ1) is 86.5. The molecule has 6 amide bonds. The van der Waals surface area contributed by atoms with Gasteiger partial charge in [0.1, 0.15) is 146 Å². The predicted octanol–water partition coefficient (Wildman–Crippen LogP) is -6.88. The second-order valence-corrected chi connectivity index (χ2v) is 26.8. The van der Waals surface area contributed by atoms with E-state index in [4.69, 9.17) is 52.1 Å². The molecule has 0 aromatic rings. The second-order valence-electron chi connectivity index (χ2n) is 26.8. The summed E-state index contributed by atoms with van der Waals surface area (Å²) in [6.45, 7) is 1.61. The van der Waals surface area contributed by atoms with E-state index in [9.17, 15) is 100 Å². The Kier molecular flexibility index (Phi) is 35.8. The van der Waals surface area contributed by atoms with Gasteiger partial charge < -0.3 is 155 Å². The number of allylic oxidation sites excluding steroid dienone is 2. The van der Waals surface area contributed by atoms with Crippen LogP contribution in [0.1, 0.15) is 131 Å². The third-order valence-electron chi connectivity index (χ3n) is 18.9. The van der Waals surface area contributed by atoms with Crippen molar-refractivity contribution in [3.05, 3.63) is 12.2 Å². The van der Waals surface area contributed by atoms with E-state index in [1.807, 2.05) is 0 Å². The van der Waals surface area contributed by atoms with Gasteiger partial charge in [-0.05, 0) is 32.1 Å². The van der Waals surface area contributed by atoms with Gasteiger partial charge in [0.15, 0.2) is 37.7 Å². The lowest BCUT2D eigenvalue weighted by molar-refractivity contribution is -0.371. The monoisotopic (exact) mass is 1470 g/mol.